The van der Waals surface area contributed by atoms with Crippen molar-refractivity contribution in [2.24, 2.45) is 0 Å². The molecule has 0 spiro atoms. The number of nitrogens with zero attached hydrogens (tertiary/aromatic N) is 3. The maximum Gasteiger partial charge on any atom is 0.244 e. The number of anilines is 1. The van der Waals surface area contributed by atoms with Crippen molar-refractivity contribution in [3.63, 3.8) is 0 Å². The summed E-state index contributed by atoms with van der Waals surface area (Å²) in [5.74, 6) is 1.32. The van der Waals surface area contributed by atoms with Gasteiger partial charge in [0.05, 0.1) is 7.11 Å². The van der Waals surface area contributed by atoms with Gasteiger partial charge in [0.1, 0.15) is 5.75 Å². The first-order valence-corrected chi connectivity index (χ1v) is 9.29. The highest BCUT2D eigenvalue weighted by Crippen LogP contribution is 2.24. The Labute approximate surface area is 161 Å². The number of ether oxygens (including phenoxy) is 1. The first-order chi connectivity index (χ1) is 12.7. The first-order valence-electron chi connectivity index (χ1n) is 8.50. The van der Waals surface area contributed by atoms with Crippen molar-refractivity contribution in [1.29, 1.82) is 0 Å². The Kier molecular flexibility index (Phi) is 6.22. The number of aromatic nitrogens is 2. The number of carbonyl (C=O) groups excluding carboxylic acids is 1. The van der Waals surface area contributed by atoms with E-state index in [-0.39, 0.29) is 11.9 Å². The van der Waals surface area contributed by atoms with Crippen molar-refractivity contribution in [3.8, 4) is 5.75 Å². The van der Waals surface area contributed by atoms with Gasteiger partial charge in [-0.25, -0.2) is 9.97 Å². The highest BCUT2D eigenvalue weighted by atomic mass is 79.9. The standard InChI is InChI=1S/C19H21BrN4O2/c1-26-17-7-6-15(20)12-14(17)5-8-18(25)23-16-4-2-11-24(13-16)19-21-9-3-10-22-19/h3,5-10,12,16H,2,4,11,13H2,1H3,(H,23,25)/b8-5+. The molecule has 6 nitrogen and oxygen atoms in total. The smallest absolute Gasteiger partial charge is 0.244 e. The van der Waals surface area contributed by atoms with Crippen LogP contribution in [-0.4, -0.2) is 42.1 Å². The van der Waals surface area contributed by atoms with Gasteiger partial charge in [-0.2, -0.15) is 0 Å². The van der Waals surface area contributed by atoms with Gasteiger partial charge in [0.25, 0.3) is 0 Å². The number of halogens is 1. The number of hydrogen-bond acceptors (Lipinski definition) is 5. The Morgan fingerprint density at radius 3 is 2.96 bits per heavy atom. The highest BCUT2D eigenvalue weighted by molar-refractivity contribution is 9.10. The number of piperidine rings is 1. The van der Waals surface area contributed by atoms with Crippen LogP contribution in [-0.2, 0) is 4.79 Å². The fourth-order valence-corrected chi connectivity index (χ4v) is 3.36. The van der Waals surface area contributed by atoms with E-state index in [0.29, 0.717) is 12.5 Å². The molecule has 1 fully saturated rings. The van der Waals surface area contributed by atoms with Gasteiger partial charge in [-0.1, -0.05) is 15.9 Å². The molecule has 0 bridgehead atoms. The third-order valence-electron chi connectivity index (χ3n) is 4.21. The van der Waals surface area contributed by atoms with Gasteiger partial charge < -0.3 is 15.0 Å². The molecule has 1 atom stereocenters. The Hall–Kier alpha value is -2.41. The largest absolute Gasteiger partial charge is 0.496 e. The highest BCUT2D eigenvalue weighted by Gasteiger charge is 2.22. The predicted octanol–water partition coefficient (Wildman–Crippen LogP) is 3.05. The van der Waals surface area contributed by atoms with E-state index < -0.39 is 0 Å². The summed E-state index contributed by atoms with van der Waals surface area (Å²) >= 11 is 3.43. The van der Waals surface area contributed by atoms with Crippen LogP contribution in [0, 0.1) is 0 Å². The van der Waals surface area contributed by atoms with Gasteiger partial charge >= 0.3 is 0 Å². The molecule has 1 unspecified atom stereocenters. The minimum atomic E-state index is -0.118. The van der Waals surface area contributed by atoms with E-state index in [0.717, 1.165) is 35.2 Å². The number of hydrogen-bond donors (Lipinski definition) is 1. The van der Waals surface area contributed by atoms with E-state index in [4.69, 9.17) is 4.74 Å². The summed E-state index contributed by atoms with van der Waals surface area (Å²) in [4.78, 5) is 23.0. The van der Waals surface area contributed by atoms with Crippen LogP contribution in [0.15, 0.2) is 47.2 Å². The second kappa shape index (κ2) is 8.80. The molecule has 3 rings (SSSR count). The number of methoxy groups -OCH3 is 1. The molecule has 1 aliphatic rings. The topological polar surface area (TPSA) is 67.3 Å². The summed E-state index contributed by atoms with van der Waals surface area (Å²) in [5, 5.41) is 3.07. The predicted molar refractivity (Wildman–Crippen MR) is 105 cm³/mol. The van der Waals surface area contributed by atoms with Crippen molar-refractivity contribution < 1.29 is 9.53 Å². The Morgan fingerprint density at radius 2 is 2.19 bits per heavy atom. The third-order valence-corrected chi connectivity index (χ3v) is 4.70. The lowest BCUT2D eigenvalue weighted by molar-refractivity contribution is -0.117. The number of nitrogens with one attached hydrogen (secondary N) is 1. The maximum atomic E-state index is 12.3. The molecule has 1 aliphatic heterocycles. The zero-order valence-corrected chi connectivity index (χ0v) is 16.1. The van der Waals surface area contributed by atoms with Crippen molar-refractivity contribution in [1.82, 2.24) is 15.3 Å². The molecular weight excluding hydrogens is 396 g/mol. The van der Waals surface area contributed by atoms with Crippen LogP contribution in [0.2, 0.25) is 0 Å². The van der Waals surface area contributed by atoms with E-state index in [2.05, 4.69) is 36.1 Å². The molecule has 1 aromatic heterocycles. The summed E-state index contributed by atoms with van der Waals surface area (Å²) in [7, 11) is 1.61. The van der Waals surface area contributed by atoms with Gasteiger partial charge in [-0.15, -0.1) is 0 Å². The minimum absolute atomic E-state index is 0.0779. The molecule has 2 heterocycles. The van der Waals surface area contributed by atoms with Gasteiger partial charge in [0.2, 0.25) is 11.9 Å². The molecule has 136 valence electrons. The SMILES string of the molecule is COc1ccc(Br)cc1/C=C/C(=O)NC1CCCN(c2ncccn2)C1. The first kappa shape index (κ1) is 18.4. The molecule has 7 heteroatoms. The fraction of sp³-hybridized carbons (Fsp3) is 0.316. The van der Waals surface area contributed by atoms with Crippen LogP contribution in [0.5, 0.6) is 5.75 Å². The number of rotatable bonds is 5. The van der Waals surface area contributed by atoms with Gasteiger partial charge in [0, 0.05) is 47.6 Å². The Morgan fingerprint density at radius 1 is 1.38 bits per heavy atom. The maximum absolute atomic E-state index is 12.3. The van der Waals surface area contributed by atoms with Crippen LogP contribution in [0.4, 0.5) is 5.95 Å². The average molecular weight is 417 g/mol. The summed E-state index contributed by atoms with van der Waals surface area (Å²) < 4.78 is 6.26. The van der Waals surface area contributed by atoms with Crippen LogP contribution in [0.25, 0.3) is 6.08 Å². The van der Waals surface area contributed by atoms with E-state index in [1.165, 1.54) is 0 Å². The molecule has 0 aliphatic carbocycles. The van der Waals surface area contributed by atoms with Crippen molar-refractivity contribution in [2.45, 2.75) is 18.9 Å². The summed E-state index contributed by atoms with van der Waals surface area (Å²) in [5.41, 5.74) is 0.847. The summed E-state index contributed by atoms with van der Waals surface area (Å²) in [6, 6.07) is 7.55. The monoisotopic (exact) mass is 416 g/mol. The second-order valence-corrected chi connectivity index (χ2v) is 6.98. The third kappa shape index (κ3) is 4.82. The molecule has 0 saturated carbocycles. The zero-order chi connectivity index (χ0) is 18.4. The van der Waals surface area contributed by atoms with Crippen molar-refractivity contribution in [3.05, 3.63) is 52.8 Å². The lowest BCUT2D eigenvalue weighted by atomic mass is 10.1. The normalized spacial score (nSPS) is 17.3. The van der Waals surface area contributed by atoms with Crippen LogP contribution in [0.1, 0.15) is 18.4 Å². The molecular formula is C19H21BrN4O2. The van der Waals surface area contributed by atoms with Crippen LogP contribution in [0.3, 0.4) is 0 Å². The molecule has 26 heavy (non-hydrogen) atoms. The molecule has 1 aromatic carbocycles. The summed E-state index contributed by atoms with van der Waals surface area (Å²) in [6.07, 6.45) is 8.72. The van der Waals surface area contributed by atoms with Crippen molar-refractivity contribution >= 4 is 33.9 Å². The lowest BCUT2D eigenvalue weighted by Gasteiger charge is -2.32. The Bertz CT molecular complexity index is 782. The molecule has 1 amide bonds. The van der Waals surface area contributed by atoms with Gasteiger partial charge in [-0.3, -0.25) is 4.79 Å². The molecule has 0 radical (unpaired) electrons. The molecule has 2 aromatic rings. The van der Waals surface area contributed by atoms with Gasteiger partial charge in [-0.05, 0) is 43.2 Å². The number of carbonyl (C=O) groups is 1. The van der Waals surface area contributed by atoms with E-state index in [1.54, 1.807) is 37.7 Å². The van der Waals surface area contributed by atoms with Crippen molar-refractivity contribution in [2.75, 3.05) is 25.1 Å². The fourth-order valence-electron chi connectivity index (χ4n) is 2.98. The number of benzene rings is 1. The zero-order valence-electron chi connectivity index (χ0n) is 14.6. The van der Waals surface area contributed by atoms with Crippen LogP contribution >= 0.6 is 15.9 Å². The van der Waals surface area contributed by atoms with E-state index in [1.807, 2.05) is 18.2 Å². The molecule has 1 N–H and O–H groups in total. The summed E-state index contributed by atoms with van der Waals surface area (Å²) in [6.45, 7) is 1.62. The van der Waals surface area contributed by atoms with Crippen LogP contribution < -0.4 is 15.0 Å². The van der Waals surface area contributed by atoms with Gasteiger partial charge in [0.15, 0.2) is 0 Å². The lowest BCUT2D eigenvalue weighted by Crippen LogP contribution is -2.47. The molecule has 1 saturated heterocycles. The van der Waals surface area contributed by atoms with E-state index >= 15 is 0 Å². The number of amides is 1. The second-order valence-electron chi connectivity index (χ2n) is 6.06. The van der Waals surface area contributed by atoms with E-state index in [9.17, 15) is 4.79 Å². The Balaban J connectivity index is 1.60. The minimum Gasteiger partial charge on any atom is -0.496 e. The quantitative estimate of drug-likeness (QED) is 0.758. The average Bonchev–Trinajstić information content (AvgIpc) is 2.67.